The van der Waals surface area contributed by atoms with Crippen LogP contribution in [-0.4, -0.2) is 47.8 Å². The molecular weight excluding hydrogens is 364 g/mol. The third kappa shape index (κ3) is 6.05. The molecule has 0 aliphatic carbocycles. The van der Waals surface area contributed by atoms with Gasteiger partial charge in [-0.05, 0) is 44.4 Å². The number of piperidine rings is 1. The van der Waals surface area contributed by atoms with E-state index in [2.05, 4.69) is 17.0 Å². The minimum Gasteiger partial charge on any atom is -0.491 e. The third-order valence-corrected chi connectivity index (χ3v) is 5.47. The maximum atomic E-state index is 12.8. The molecule has 1 aliphatic heterocycles. The Morgan fingerprint density at radius 2 is 1.83 bits per heavy atom. The quantitative estimate of drug-likeness (QED) is 0.772. The number of amides is 1. The number of aliphatic hydroxyl groups is 1. The number of rotatable bonds is 7. The molecule has 2 aromatic carbocycles. The fourth-order valence-electron chi connectivity index (χ4n) is 3.73. The van der Waals surface area contributed by atoms with Crippen LogP contribution in [0.3, 0.4) is 0 Å². The van der Waals surface area contributed by atoms with Crippen molar-refractivity contribution >= 4 is 11.6 Å². The van der Waals surface area contributed by atoms with E-state index in [0.717, 1.165) is 31.1 Å². The van der Waals surface area contributed by atoms with E-state index >= 15 is 0 Å². The predicted octanol–water partition coefficient (Wildman–Crippen LogP) is 3.85. The minimum absolute atomic E-state index is 0.0769. The van der Waals surface area contributed by atoms with Gasteiger partial charge < -0.3 is 14.7 Å². The van der Waals surface area contributed by atoms with Gasteiger partial charge in [-0.15, -0.1) is 0 Å². The highest BCUT2D eigenvalue weighted by atomic mass is 16.5. The van der Waals surface area contributed by atoms with Gasteiger partial charge in [-0.1, -0.05) is 36.4 Å². The van der Waals surface area contributed by atoms with Crippen LogP contribution in [0.15, 0.2) is 54.6 Å². The van der Waals surface area contributed by atoms with Gasteiger partial charge in [-0.3, -0.25) is 9.69 Å². The lowest BCUT2D eigenvalue weighted by Crippen LogP contribution is -2.47. The fraction of sp³-hybridized carbons (Fsp3) is 0.458. The second-order valence-electron chi connectivity index (χ2n) is 8.28. The average Bonchev–Trinajstić information content (AvgIpc) is 2.70. The number of likely N-dealkylation sites (tertiary alicyclic amines) is 1. The molecule has 1 N–H and O–H groups in total. The van der Waals surface area contributed by atoms with Crippen LogP contribution in [0.25, 0.3) is 0 Å². The van der Waals surface area contributed by atoms with Gasteiger partial charge in [-0.25, -0.2) is 0 Å². The summed E-state index contributed by atoms with van der Waals surface area (Å²) in [6.07, 6.45) is 1.43. The Hall–Kier alpha value is -2.37. The Bertz CT molecular complexity index is 799. The van der Waals surface area contributed by atoms with Gasteiger partial charge in [0.25, 0.3) is 0 Å². The summed E-state index contributed by atoms with van der Waals surface area (Å²) in [5.41, 5.74) is 1.11. The second kappa shape index (κ2) is 9.42. The van der Waals surface area contributed by atoms with Crippen LogP contribution in [0, 0.1) is 0 Å². The van der Waals surface area contributed by atoms with Crippen LogP contribution in [0.5, 0.6) is 5.75 Å². The van der Waals surface area contributed by atoms with Crippen LogP contribution in [0.1, 0.15) is 38.7 Å². The first kappa shape index (κ1) is 21.3. The summed E-state index contributed by atoms with van der Waals surface area (Å²) in [5.74, 6) is 0.663. The summed E-state index contributed by atoms with van der Waals surface area (Å²) in [5, 5.41) is 11.0. The molecule has 5 nitrogen and oxygen atoms in total. The number of anilines is 1. The summed E-state index contributed by atoms with van der Waals surface area (Å²) in [6, 6.07) is 17.9. The van der Waals surface area contributed by atoms with Crippen molar-refractivity contribution < 1.29 is 14.6 Å². The summed E-state index contributed by atoms with van der Waals surface area (Å²) in [7, 11) is 1.75. The van der Waals surface area contributed by atoms with E-state index in [4.69, 9.17) is 4.74 Å². The molecule has 1 fully saturated rings. The summed E-state index contributed by atoms with van der Waals surface area (Å²) in [4.78, 5) is 16.8. The second-order valence-corrected chi connectivity index (χ2v) is 8.28. The lowest BCUT2D eigenvalue weighted by Gasteiger charge is -2.38. The van der Waals surface area contributed by atoms with Crippen molar-refractivity contribution in [3.8, 4) is 5.75 Å². The standard InChI is InChI=1S/C24H32N2O3/c1-19(2)29-22-11-7-10-21(16-22)25(3)23(27)17-24(28)12-14-26(15-13-24)18-20-8-5-4-6-9-20/h4-11,16,19,28H,12-15,17-18H2,1-3H3. The molecule has 1 amide bonds. The molecule has 0 unspecified atom stereocenters. The van der Waals surface area contributed by atoms with Gasteiger partial charge in [0, 0.05) is 38.4 Å². The molecular formula is C24H32N2O3. The van der Waals surface area contributed by atoms with E-state index in [1.807, 2.05) is 56.3 Å². The number of hydrogen-bond acceptors (Lipinski definition) is 4. The van der Waals surface area contributed by atoms with E-state index in [-0.39, 0.29) is 18.4 Å². The van der Waals surface area contributed by atoms with Crippen LogP contribution < -0.4 is 9.64 Å². The van der Waals surface area contributed by atoms with E-state index in [1.54, 1.807) is 11.9 Å². The molecule has 0 atom stereocenters. The van der Waals surface area contributed by atoms with E-state index in [1.165, 1.54) is 5.56 Å². The molecule has 1 aliphatic rings. The Labute approximate surface area is 173 Å². The first-order valence-corrected chi connectivity index (χ1v) is 10.4. The van der Waals surface area contributed by atoms with Gasteiger partial charge in [0.2, 0.25) is 5.91 Å². The van der Waals surface area contributed by atoms with E-state index in [0.29, 0.717) is 12.8 Å². The van der Waals surface area contributed by atoms with Crippen molar-refractivity contribution in [1.82, 2.24) is 4.90 Å². The van der Waals surface area contributed by atoms with Crippen LogP contribution in [0.2, 0.25) is 0 Å². The molecule has 0 spiro atoms. The van der Waals surface area contributed by atoms with Gasteiger partial charge in [0.05, 0.1) is 18.1 Å². The van der Waals surface area contributed by atoms with Gasteiger partial charge >= 0.3 is 0 Å². The first-order valence-electron chi connectivity index (χ1n) is 10.4. The normalized spacial score (nSPS) is 16.6. The molecule has 0 bridgehead atoms. The Morgan fingerprint density at radius 3 is 2.48 bits per heavy atom. The van der Waals surface area contributed by atoms with Crippen molar-refractivity contribution in [1.29, 1.82) is 0 Å². The number of carbonyl (C=O) groups is 1. The number of ether oxygens (including phenoxy) is 1. The lowest BCUT2D eigenvalue weighted by molar-refractivity contribution is -0.125. The summed E-state index contributed by atoms with van der Waals surface area (Å²) < 4.78 is 5.72. The third-order valence-electron chi connectivity index (χ3n) is 5.47. The molecule has 5 heteroatoms. The van der Waals surface area contributed by atoms with Crippen LogP contribution in [-0.2, 0) is 11.3 Å². The zero-order valence-corrected chi connectivity index (χ0v) is 17.7. The average molecular weight is 397 g/mol. The van der Waals surface area contributed by atoms with E-state index in [9.17, 15) is 9.90 Å². The number of carbonyl (C=O) groups excluding carboxylic acids is 1. The lowest BCUT2D eigenvalue weighted by atomic mass is 9.87. The van der Waals surface area contributed by atoms with Gasteiger partial charge in [0.1, 0.15) is 5.75 Å². The smallest absolute Gasteiger partial charge is 0.229 e. The molecule has 3 rings (SSSR count). The number of hydrogen-bond donors (Lipinski definition) is 1. The fourth-order valence-corrected chi connectivity index (χ4v) is 3.73. The maximum Gasteiger partial charge on any atom is 0.229 e. The molecule has 1 saturated heterocycles. The van der Waals surface area contributed by atoms with Crippen molar-refractivity contribution in [3.63, 3.8) is 0 Å². The minimum atomic E-state index is -0.940. The molecule has 1 heterocycles. The Kier molecular flexibility index (Phi) is 6.93. The van der Waals surface area contributed by atoms with Crippen molar-refractivity contribution in [2.45, 2.75) is 51.4 Å². The molecule has 0 radical (unpaired) electrons. The molecule has 29 heavy (non-hydrogen) atoms. The van der Waals surface area contributed by atoms with Crippen molar-refractivity contribution in [2.24, 2.45) is 0 Å². The zero-order valence-electron chi connectivity index (χ0n) is 17.7. The molecule has 0 aromatic heterocycles. The zero-order chi connectivity index (χ0) is 20.9. The predicted molar refractivity (Wildman–Crippen MR) is 116 cm³/mol. The van der Waals surface area contributed by atoms with E-state index < -0.39 is 5.60 Å². The Morgan fingerprint density at radius 1 is 1.14 bits per heavy atom. The highest BCUT2D eigenvalue weighted by Gasteiger charge is 2.35. The van der Waals surface area contributed by atoms with Gasteiger partial charge in [-0.2, -0.15) is 0 Å². The van der Waals surface area contributed by atoms with Crippen molar-refractivity contribution in [3.05, 3.63) is 60.2 Å². The SMILES string of the molecule is CC(C)Oc1cccc(N(C)C(=O)CC2(O)CCN(Cc3ccccc3)CC2)c1. The van der Waals surface area contributed by atoms with Crippen LogP contribution in [0.4, 0.5) is 5.69 Å². The Balaban J connectivity index is 1.55. The topological polar surface area (TPSA) is 53.0 Å². The highest BCUT2D eigenvalue weighted by molar-refractivity contribution is 5.93. The largest absolute Gasteiger partial charge is 0.491 e. The molecule has 0 saturated carbocycles. The highest BCUT2D eigenvalue weighted by Crippen LogP contribution is 2.29. The van der Waals surface area contributed by atoms with Gasteiger partial charge in [0.15, 0.2) is 0 Å². The summed E-state index contributed by atoms with van der Waals surface area (Å²) >= 11 is 0. The summed E-state index contributed by atoms with van der Waals surface area (Å²) in [6.45, 7) is 6.41. The maximum absolute atomic E-state index is 12.8. The monoisotopic (exact) mass is 396 g/mol. The van der Waals surface area contributed by atoms with Crippen LogP contribution >= 0.6 is 0 Å². The number of nitrogens with zero attached hydrogens (tertiary/aromatic N) is 2. The van der Waals surface area contributed by atoms with Crippen molar-refractivity contribution in [2.75, 3.05) is 25.0 Å². The number of benzene rings is 2. The first-order chi connectivity index (χ1) is 13.8. The molecule has 2 aromatic rings. The molecule has 156 valence electrons.